The Labute approximate surface area is 121 Å². The van der Waals surface area contributed by atoms with Crippen molar-refractivity contribution < 1.29 is 4.74 Å². The summed E-state index contributed by atoms with van der Waals surface area (Å²) in [6.07, 6.45) is 0. The predicted molar refractivity (Wildman–Crippen MR) is 83.3 cm³/mol. The molecule has 1 aromatic carbocycles. The van der Waals surface area contributed by atoms with Gasteiger partial charge in [-0.2, -0.15) is 4.99 Å². The SMILES string of the molecule is CC(C)N(C(=N)OC(N)=Nc1ccccc1)C(C)(C)C. The summed E-state index contributed by atoms with van der Waals surface area (Å²) < 4.78 is 5.34. The van der Waals surface area contributed by atoms with Crippen molar-refractivity contribution in [3.8, 4) is 0 Å². The highest BCUT2D eigenvalue weighted by molar-refractivity contribution is 5.88. The molecule has 0 aliphatic carbocycles. The summed E-state index contributed by atoms with van der Waals surface area (Å²) in [5.74, 6) is 0. The Kier molecular flexibility index (Phi) is 5.13. The predicted octanol–water partition coefficient (Wildman–Crippen LogP) is 3.09. The van der Waals surface area contributed by atoms with E-state index >= 15 is 0 Å². The highest BCUT2D eigenvalue weighted by Gasteiger charge is 2.28. The first-order chi connectivity index (χ1) is 9.21. The Morgan fingerprint density at radius 2 is 1.80 bits per heavy atom. The Morgan fingerprint density at radius 1 is 1.25 bits per heavy atom. The van der Waals surface area contributed by atoms with Crippen molar-refractivity contribution in [2.75, 3.05) is 0 Å². The summed E-state index contributed by atoms with van der Waals surface area (Å²) in [5.41, 5.74) is 6.22. The van der Waals surface area contributed by atoms with Crippen LogP contribution in [0.4, 0.5) is 5.69 Å². The molecule has 20 heavy (non-hydrogen) atoms. The molecule has 0 radical (unpaired) electrons. The van der Waals surface area contributed by atoms with Gasteiger partial charge in [0.2, 0.25) is 0 Å². The average molecular weight is 276 g/mol. The number of para-hydroxylation sites is 1. The second-order valence-corrected chi connectivity index (χ2v) is 5.83. The van der Waals surface area contributed by atoms with Gasteiger partial charge in [-0.1, -0.05) is 18.2 Å². The van der Waals surface area contributed by atoms with E-state index in [1.807, 2.05) is 69.9 Å². The van der Waals surface area contributed by atoms with Crippen LogP contribution >= 0.6 is 0 Å². The van der Waals surface area contributed by atoms with Crippen LogP contribution < -0.4 is 5.73 Å². The zero-order valence-corrected chi connectivity index (χ0v) is 12.8. The summed E-state index contributed by atoms with van der Waals surface area (Å²) in [5, 5.41) is 8.07. The van der Waals surface area contributed by atoms with Crippen molar-refractivity contribution in [3.63, 3.8) is 0 Å². The second-order valence-electron chi connectivity index (χ2n) is 5.83. The van der Waals surface area contributed by atoms with Crippen molar-refractivity contribution in [3.05, 3.63) is 30.3 Å². The van der Waals surface area contributed by atoms with Gasteiger partial charge in [0.05, 0.1) is 5.69 Å². The molecule has 0 unspecified atom stereocenters. The molecular weight excluding hydrogens is 252 g/mol. The molecule has 0 amide bonds. The number of amidine groups is 2. The fourth-order valence-electron chi connectivity index (χ4n) is 2.11. The summed E-state index contributed by atoms with van der Waals surface area (Å²) in [6.45, 7) is 10.1. The topological polar surface area (TPSA) is 74.7 Å². The summed E-state index contributed by atoms with van der Waals surface area (Å²) in [4.78, 5) is 5.98. The number of benzene rings is 1. The number of hydrogen-bond acceptors (Lipinski definition) is 3. The molecule has 0 bridgehead atoms. The van der Waals surface area contributed by atoms with E-state index in [4.69, 9.17) is 15.9 Å². The van der Waals surface area contributed by atoms with Crippen LogP contribution in [-0.2, 0) is 4.74 Å². The van der Waals surface area contributed by atoms with Crippen LogP contribution in [0.2, 0.25) is 0 Å². The Morgan fingerprint density at radius 3 is 2.25 bits per heavy atom. The van der Waals surface area contributed by atoms with Gasteiger partial charge in [0.15, 0.2) is 0 Å². The fraction of sp³-hybridized carbons (Fsp3) is 0.467. The molecule has 0 heterocycles. The van der Waals surface area contributed by atoms with E-state index in [1.54, 1.807) is 0 Å². The van der Waals surface area contributed by atoms with Crippen LogP contribution in [0, 0.1) is 5.41 Å². The van der Waals surface area contributed by atoms with Gasteiger partial charge in [-0.25, -0.2) is 0 Å². The molecule has 0 saturated heterocycles. The van der Waals surface area contributed by atoms with Gasteiger partial charge in [0, 0.05) is 11.6 Å². The molecule has 3 N–H and O–H groups in total. The lowest BCUT2D eigenvalue weighted by molar-refractivity contribution is 0.160. The Hall–Kier alpha value is -2.04. The zero-order valence-electron chi connectivity index (χ0n) is 12.8. The number of hydrogen-bond donors (Lipinski definition) is 2. The Bertz CT molecular complexity index is 474. The highest BCUT2D eigenvalue weighted by Crippen LogP contribution is 2.18. The lowest BCUT2D eigenvalue weighted by Crippen LogP contribution is -2.51. The molecule has 110 valence electrons. The van der Waals surface area contributed by atoms with Crippen LogP contribution in [0.5, 0.6) is 0 Å². The monoisotopic (exact) mass is 276 g/mol. The minimum atomic E-state index is -0.224. The third kappa shape index (κ3) is 4.57. The molecule has 5 heteroatoms. The second kappa shape index (κ2) is 6.41. The lowest BCUT2D eigenvalue weighted by atomic mass is 10.0. The maximum absolute atomic E-state index is 8.07. The van der Waals surface area contributed by atoms with E-state index in [0.717, 1.165) is 0 Å². The first kappa shape index (κ1) is 16.0. The largest absolute Gasteiger partial charge is 0.392 e. The van der Waals surface area contributed by atoms with Crippen LogP contribution in [0.25, 0.3) is 0 Å². The molecule has 0 spiro atoms. The smallest absolute Gasteiger partial charge is 0.295 e. The van der Waals surface area contributed by atoms with E-state index in [0.29, 0.717) is 5.69 Å². The van der Waals surface area contributed by atoms with Crippen LogP contribution in [0.1, 0.15) is 34.6 Å². The maximum Gasteiger partial charge on any atom is 0.295 e. The number of nitrogens with one attached hydrogen (secondary N) is 1. The molecule has 0 atom stereocenters. The van der Waals surface area contributed by atoms with Gasteiger partial charge in [0.25, 0.3) is 12.0 Å². The van der Waals surface area contributed by atoms with Crippen LogP contribution in [0.3, 0.4) is 0 Å². The van der Waals surface area contributed by atoms with Crippen molar-refractivity contribution >= 4 is 17.7 Å². The third-order valence-corrected chi connectivity index (χ3v) is 2.65. The van der Waals surface area contributed by atoms with E-state index < -0.39 is 0 Å². The quantitative estimate of drug-likeness (QED) is 0.644. The van der Waals surface area contributed by atoms with Gasteiger partial charge in [0.1, 0.15) is 0 Å². The fourth-order valence-corrected chi connectivity index (χ4v) is 2.11. The third-order valence-electron chi connectivity index (χ3n) is 2.65. The molecule has 0 saturated carbocycles. The first-order valence-corrected chi connectivity index (χ1v) is 6.66. The summed E-state index contributed by atoms with van der Waals surface area (Å²) in [6, 6.07) is 9.39. The number of nitrogens with two attached hydrogens (primary N) is 1. The molecule has 5 nitrogen and oxygen atoms in total. The van der Waals surface area contributed by atoms with Gasteiger partial charge in [-0.3, -0.25) is 5.41 Å². The van der Waals surface area contributed by atoms with Gasteiger partial charge >= 0.3 is 0 Å². The molecular formula is C15H24N4O. The summed E-state index contributed by atoms with van der Waals surface area (Å²) in [7, 11) is 0. The van der Waals surface area contributed by atoms with E-state index in [2.05, 4.69) is 4.99 Å². The van der Waals surface area contributed by atoms with Crippen molar-refractivity contribution in [1.82, 2.24) is 4.90 Å². The number of rotatable bonds is 2. The van der Waals surface area contributed by atoms with E-state index in [9.17, 15) is 0 Å². The van der Waals surface area contributed by atoms with Gasteiger partial charge in [-0.05, 0) is 46.8 Å². The normalized spacial score (nSPS) is 12.4. The van der Waals surface area contributed by atoms with Crippen molar-refractivity contribution in [2.24, 2.45) is 10.7 Å². The number of ether oxygens (including phenoxy) is 1. The maximum atomic E-state index is 8.07. The van der Waals surface area contributed by atoms with Crippen molar-refractivity contribution in [1.29, 1.82) is 5.41 Å². The molecule has 1 rings (SSSR count). The molecule has 0 aromatic heterocycles. The lowest BCUT2D eigenvalue weighted by Gasteiger charge is -2.39. The zero-order chi connectivity index (χ0) is 15.3. The standard InChI is InChI=1S/C15H24N4O/c1-11(2)19(15(3,4)5)14(17)20-13(16)18-12-9-7-6-8-10-12/h6-11,17H,1-5H3,(H2,16,18). The van der Waals surface area contributed by atoms with E-state index in [1.165, 1.54) is 0 Å². The molecule has 0 aliphatic rings. The number of aliphatic imine (C=N–C) groups is 1. The summed E-state index contributed by atoms with van der Waals surface area (Å²) >= 11 is 0. The van der Waals surface area contributed by atoms with Crippen LogP contribution in [-0.4, -0.2) is 28.5 Å². The van der Waals surface area contributed by atoms with E-state index in [-0.39, 0.29) is 23.6 Å². The average Bonchev–Trinajstić information content (AvgIpc) is 2.26. The molecule has 0 fully saturated rings. The first-order valence-electron chi connectivity index (χ1n) is 6.66. The minimum absolute atomic E-state index is 0.00433. The van der Waals surface area contributed by atoms with Crippen LogP contribution in [0.15, 0.2) is 35.3 Å². The molecule has 0 aliphatic heterocycles. The van der Waals surface area contributed by atoms with Crippen molar-refractivity contribution in [2.45, 2.75) is 46.2 Å². The molecule has 1 aromatic rings. The van der Waals surface area contributed by atoms with Gasteiger partial charge in [-0.15, -0.1) is 0 Å². The highest BCUT2D eigenvalue weighted by atomic mass is 16.5. The Balaban J connectivity index is 2.81. The number of nitrogens with zero attached hydrogens (tertiary/aromatic N) is 2. The van der Waals surface area contributed by atoms with Gasteiger partial charge < -0.3 is 15.4 Å². The minimum Gasteiger partial charge on any atom is -0.392 e.